The van der Waals surface area contributed by atoms with Crippen LogP contribution < -0.4 is 10.0 Å². The fraction of sp³-hybridized carbons (Fsp3) is 0.522. The van der Waals surface area contributed by atoms with Gasteiger partial charge in [-0.2, -0.15) is 0 Å². The minimum absolute atomic E-state index is 0.181. The average Bonchev–Trinajstić information content (AvgIpc) is 3.45. The number of ether oxygens (including phenoxy) is 1. The average molecular weight is 474 g/mol. The van der Waals surface area contributed by atoms with E-state index in [4.69, 9.17) is 4.74 Å². The van der Waals surface area contributed by atoms with Crippen LogP contribution in [0.25, 0.3) is 0 Å². The molecule has 2 N–H and O–H groups in total. The fourth-order valence-electron chi connectivity index (χ4n) is 5.87. The minimum Gasteiger partial charge on any atom is -0.366 e. The standard InChI is InChI=1S/C23H27N3O4S2/c1-26-12-23(13-26)21-16(8-9-30-23)11-19(31-21)32(28,29)25-22(27)24-20-17-6-2-4-14(17)10-15-5-3-7-18(15)20/h10-11H,2-9,12-13H2,1H3,(H2,24,25,27). The summed E-state index contributed by atoms with van der Waals surface area (Å²) in [4.78, 5) is 16.0. The maximum absolute atomic E-state index is 13.1. The molecule has 0 unspecified atom stereocenters. The van der Waals surface area contributed by atoms with Crippen LogP contribution in [0.3, 0.4) is 0 Å². The van der Waals surface area contributed by atoms with Crippen molar-refractivity contribution in [2.45, 2.75) is 54.8 Å². The third kappa shape index (κ3) is 3.21. The van der Waals surface area contributed by atoms with Crippen molar-refractivity contribution in [3.63, 3.8) is 0 Å². The molecular formula is C23H27N3O4S2. The summed E-state index contributed by atoms with van der Waals surface area (Å²) in [5.74, 6) is 0. The topological polar surface area (TPSA) is 87.7 Å². The van der Waals surface area contributed by atoms with Crippen LogP contribution in [0.4, 0.5) is 10.5 Å². The number of anilines is 1. The number of likely N-dealkylation sites (N-methyl/N-ethyl adjacent to an activating group) is 1. The van der Waals surface area contributed by atoms with Gasteiger partial charge in [0.05, 0.1) is 6.61 Å². The molecule has 1 aromatic carbocycles. The SMILES string of the molecule is CN1CC2(C1)OCCc1cc(S(=O)(=O)NC(=O)Nc3c4c(cc5c3CCC5)CCC4)sc12. The number of fused-ring (bicyclic) bond motifs is 4. The zero-order valence-electron chi connectivity index (χ0n) is 18.1. The first-order chi connectivity index (χ1) is 15.3. The summed E-state index contributed by atoms with van der Waals surface area (Å²) >= 11 is 1.23. The third-order valence-electron chi connectivity index (χ3n) is 7.20. The Morgan fingerprint density at radius 1 is 1.03 bits per heavy atom. The van der Waals surface area contributed by atoms with Crippen molar-refractivity contribution in [1.82, 2.24) is 9.62 Å². The van der Waals surface area contributed by atoms with Gasteiger partial charge in [-0.25, -0.2) is 17.9 Å². The van der Waals surface area contributed by atoms with Crippen molar-refractivity contribution >= 4 is 33.1 Å². The van der Waals surface area contributed by atoms with Crippen LogP contribution in [-0.4, -0.2) is 46.1 Å². The van der Waals surface area contributed by atoms with Crippen LogP contribution in [0.1, 0.15) is 45.5 Å². The molecule has 4 aliphatic rings. The van der Waals surface area contributed by atoms with Gasteiger partial charge in [0.15, 0.2) is 0 Å². The number of hydrogen-bond acceptors (Lipinski definition) is 6. The van der Waals surface area contributed by atoms with Crippen LogP contribution in [0.5, 0.6) is 0 Å². The van der Waals surface area contributed by atoms with Gasteiger partial charge in [-0.3, -0.25) is 4.90 Å². The van der Waals surface area contributed by atoms with E-state index in [9.17, 15) is 13.2 Å². The zero-order valence-corrected chi connectivity index (χ0v) is 19.8. The minimum atomic E-state index is -3.96. The van der Waals surface area contributed by atoms with E-state index in [-0.39, 0.29) is 4.21 Å². The lowest BCUT2D eigenvalue weighted by atomic mass is 9.88. The Balaban J connectivity index is 1.25. The number of nitrogens with zero attached hydrogens (tertiary/aromatic N) is 1. The molecule has 170 valence electrons. The lowest BCUT2D eigenvalue weighted by molar-refractivity contribution is -0.147. The fourth-order valence-corrected chi connectivity index (χ4v) is 8.44. The number of amides is 2. The predicted molar refractivity (Wildman–Crippen MR) is 123 cm³/mol. The molecular weight excluding hydrogens is 446 g/mol. The van der Waals surface area contributed by atoms with Crippen molar-refractivity contribution in [3.8, 4) is 0 Å². The highest BCUT2D eigenvalue weighted by molar-refractivity contribution is 7.92. The Hall–Kier alpha value is -1.94. The van der Waals surface area contributed by atoms with E-state index in [1.165, 1.54) is 33.6 Å². The lowest BCUT2D eigenvalue weighted by Gasteiger charge is -2.49. The van der Waals surface area contributed by atoms with Gasteiger partial charge >= 0.3 is 6.03 Å². The number of sulfonamides is 1. The maximum Gasteiger partial charge on any atom is 0.333 e. The molecule has 32 heavy (non-hydrogen) atoms. The lowest BCUT2D eigenvalue weighted by Crippen LogP contribution is -2.60. The van der Waals surface area contributed by atoms with E-state index in [1.54, 1.807) is 6.07 Å². The molecule has 0 atom stereocenters. The first-order valence-corrected chi connectivity index (χ1v) is 13.6. The number of urea groups is 1. The Labute approximate surface area is 192 Å². The molecule has 3 heterocycles. The Morgan fingerprint density at radius 2 is 1.72 bits per heavy atom. The summed E-state index contributed by atoms with van der Waals surface area (Å²) in [7, 11) is -1.94. The van der Waals surface area contributed by atoms with Crippen molar-refractivity contribution in [1.29, 1.82) is 0 Å². The van der Waals surface area contributed by atoms with Gasteiger partial charge in [0.25, 0.3) is 10.0 Å². The van der Waals surface area contributed by atoms with Crippen LogP contribution in [-0.2, 0) is 52.5 Å². The number of hydrogen-bond donors (Lipinski definition) is 2. The van der Waals surface area contributed by atoms with Crippen LogP contribution >= 0.6 is 11.3 Å². The highest BCUT2D eigenvalue weighted by atomic mass is 32.2. The number of aryl methyl sites for hydroxylation is 2. The molecule has 9 heteroatoms. The summed E-state index contributed by atoms with van der Waals surface area (Å²) in [5, 5.41) is 2.92. The molecule has 7 nitrogen and oxygen atoms in total. The van der Waals surface area contributed by atoms with E-state index in [2.05, 4.69) is 21.0 Å². The third-order valence-corrected chi connectivity index (χ3v) is 10.4. The molecule has 1 saturated heterocycles. The molecule has 2 aliphatic heterocycles. The molecule has 6 rings (SSSR count). The molecule has 0 bridgehead atoms. The summed E-state index contributed by atoms with van der Waals surface area (Å²) < 4.78 is 34.7. The van der Waals surface area contributed by atoms with E-state index >= 15 is 0 Å². The van der Waals surface area contributed by atoms with Crippen molar-refractivity contribution < 1.29 is 17.9 Å². The number of carbonyl (C=O) groups is 1. The first kappa shape index (κ1) is 20.7. The molecule has 1 aromatic heterocycles. The normalized spacial score (nSPS) is 21.0. The summed E-state index contributed by atoms with van der Waals surface area (Å²) in [6.45, 7) is 2.12. The van der Waals surface area contributed by atoms with Crippen molar-refractivity contribution in [3.05, 3.63) is 44.8 Å². The molecule has 0 radical (unpaired) electrons. The summed E-state index contributed by atoms with van der Waals surface area (Å²) in [6, 6.07) is 3.33. The number of likely N-dealkylation sites (tertiary alicyclic amines) is 1. The second-order valence-corrected chi connectivity index (χ2v) is 12.4. The van der Waals surface area contributed by atoms with Crippen molar-refractivity contribution in [2.24, 2.45) is 0 Å². The van der Waals surface area contributed by atoms with Gasteiger partial charge in [0.1, 0.15) is 9.81 Å². The van der Waals surface area contributed by atoms with Gasteiger partial charge in [-0.1, -0.05) is 6.07 Å². The highest BCUT2D eigenvalue weighted by Gasteiger charge is 2.48. The molecule has 0 saturated carbocycles. The smallest absolute Gasteiger partial charge is 0.333 e. The van der Waals surface area contributed by atoms with Crippen molar-refractivity contribution in [2.75, 3.05) is 32.1 Å². The Morgan fingerprint density at radius 3 is 2.38 bits per heavy atom. The van der Waals surface area contributed by atoms with Gasteiger partial charge in [0, 0.05) is 23.7 Å². The van der Waals surface area contributed by atoms with Gasteiger partial charge in [0.2, 0.25) is 0 Å². The molecule has 1 spiro atoms. The van der Waals surface area contributed by atoms with Crippen LogP contribution in [0, 0.1) is 0 Å². The predicted octanol–water partition coefficient (Wildman–Crippen LogP) is 2.95. The van der Waals surface area contributed by atoms with Gasteiger partial charge < -0.3 is 10.1 Å². The highest BCUT2D eigenvalue weighted by Crippen LogP contribution is 2.45. The van der Waals surface area contributed by atoms with E-state index in [0.717, 1.165) is 67.7 Å². The monoisotopic (exact) mass is 473 g/mol. The summed E-state index contributed by atoms with van der Waals surface area (Å²) in [6.07, 6.45) is 6.76. The number of benzene rings is 1. The second kappa shape index (κ2) is 7.28. The van der Waals surface area contributed by atoms with E-state index < -0.39 is 21.7 Å². The number of nitrogens with one attached hydrogen (secondary N) is 2. The van der Waals surface area contributed by atoms with Gasteiger partial charge in [-0.15, -0.1) is 11.3 Å². The van der Waals surface area contributed by atoms with Crippen LogP contribution in [0.2, 0.25) is 0 Å². The molecule has 2 amide bonds. The van der Waals surface area contributed by atoms with E-state index in [0.29, 0.717) is 13.0 Å². The second-order valence-electron chi connectivity index (χ2n) is 9.48. The summed E-state index contributed by atoms with van der Waals surface area (Å²) in [5.41, 5.74) is 6.42. The Bertz CT molecular complexity index is 1200. The Kier molecular flexibility index (Phi) is 4.70. The number of thiophene rings is 1. The zero-order chi connectivity index (χ0) is 22.1. The first-order valence-electron chi connectivity index (χ1n) is 11.3. The number of carbonyl (C=O) groups excluding carboxylic acids is 1. The maximum atomic E-state index is 13.1. The quantitative estimate of drug-likeness (QED) is 0.716. The number of rotatable bonds is 3. The van der Waals surface area contributed by atoms with Gasteiger partial charge in [-0.05, 0) is 85.9 Å². The van der Waals surface area contributed by atoms with Crippen LogP contribution in [0.15, 0.2) is 16.3 Å². The largest absolute Gasteiger partial charge is 0.366 e. The molecule has 1 fully saturated rings. The molecule has 2 aromatic rings. The molecule has 2 aliphatic carbocycles. The van der Waals surface area contributed by atoms with E-state index in [1.807, 2.05) is 7.05 Å².